The summed E-state index contributed by atoms with van der Waals surface area (Å²) in [6, 6.07) is 5.40. The van der Waals surface area contributed by atoms with E-state index in [4.69, 9.17) is 28.8 Å². The molecule has 0 radical (unpaired) electrons. The van der Waals surface area contributed by atoms with E-state index in [1.165, 1.54) is 0 Å². The molecule has 0 unspecified atom stereocenters. The monoisotopic (exact) mass is 401 g/mol. The maximum atomic E-state index is 9.39. The molecule has 0 saturated heterocycles. The number of aliphatic hydroxyl groups excluding tert-OH is 2. The van der Waals surface area contributed by atoms with Crippen molar-refractivity contribution in [3.63, 3.8) is 0 Å². The minimum atomic E-state index is -0.110. The van der Waals surface area contributed by atoms with Crippen molar-refractivity contribution < 1.29 is 33.9 Å². The van der Waals surface area contributed by atoms with Gasteiger partial charge in [-0.25, -0.2) is 0 Å². The van der Waals surface area contributed by atoms with Crippen LogP contribution in [0.1, 0.15) is 12.0 Å². The van der Waals surface area contributed by atoms with Crippen LogP contribution in [0.15, 0.2) is 18.2 Å². The largest absolute Gasteiger partial charge is 0.493 e. The molecule has 0 atom stereocenters. The molecule has 0 heterocycles. The quantitative estimate of drug-likeness (QED) is 0.351. The topological polar surface area (TPSA) is 89.9 Å². The van der Waals surface area contributed by atoms with E-state index in [2.05, 4.69) is 4.90 Å². The predicted molar refractivity (Wildman–Crippen MR) is 106 cm³/mol. The number of aliphatic hydroxyl groups is 2. The van der Waals surface area contributed by atoms with Crippen LogP contribution in [-0.2, 0) is 20.8 Å². The number of methoxy groups -OCH3 is 2. The Labute approximate surface area is 167 Å². The zero-order valence-corrected chi connectivity index (χ0v) is 17.1. The third kappa shape index (κ3) is 10.2. The van der Waals surface area contributed by atoms with Crippen LogP contribution >= 0.6 is 0 Å². The Kier molecular flexibility index (Phi) is 14.5. The van der Waals surface area contributed by atoms with Crippen molar-refractivity contribution in [1.82, 2.24) is 4.90 Å². The molecule has 0 aromatic heterocycles. The lowest BCUT2D eigenvalue weighted by Crippen LogP contribution is -2.32. The van der Waals surface area contributed by atoms with Gasteiger partial charge in [0.1, 0.15) is 6.61 Å². The fourth-order valence-corrected chi connectivity index (χ4v) is 2.58. The highest BCUT2D eigenvalue weighted by Crippen LogP contribution is 2.30. The normalized spacial score (nSPS) is 11.2. The highest BCUT2D eigenvalue weighted by atomic mass is 16.6. The van der Waals surface area contributed by atoms with Crippen molar-refractivity contribution in [3.8, 4) is 11.5 Å². The molecular weight excluding hydrogens is 366 g/mol. The lowest BCUT2D eigenvalue weighted by molar-refractivity contribution is 0.0262. The van der Waals surface area contributed by atoms with Crippen molar-refractivity contribution in [2.75, 3.05) is 80.1 Å². The van der Waals surface area contributed by atoms with E-state index in [0.29, 0.717) is 56.7 Å². The average molecular weight is 402 g/mol. The second-order valence-corrected chi connectivity index (χ2v) is 6.09. The summed E-state index contributed by atoms with van der Waals surface area (Å²) in [4.78, 5) is 2.21. The molecule has 0 aliphatic carbocycles. The van der Waals surface area contributed by atoms with Crippen LogP contribution in [0.3, 0.4) is 0 Å². The number of nitrogens with zero attached hydrogens (tertiary/aromatic N) is 1. The summed E-state index contributed by atoms with van der Waals surface area (Å²) in [5, 5.41) is 18.3. The number of rotatable bonds is 18. The number of hydrogen-bond acceptors (Lipinski definition) is 8. The van der Waals surface area contributed by atoms with Gasteiger partial charge in [-0.3, -0.25) is 4.90 Å². The first-order valence-corrected chi connectivity index (χ1v) is 9.64. The fraction of sp³-hybridized carbons (Fsp3) is 0.700. The lowest BCUT2D eigenvalue weighted by Gasteiger charge is -2.21. The summed E-state index contributed by atoms with van der Waals surface area (Å²) in [6.07, 6.45) is 0.747. The van der Waals surface area contributed by atoms with Crippen molar-refractivity contribution in [3.05, 3.63) is 23.8 Å². The summed E-state index contributed by atoms with van der Waals surface area (Å²) in [6.45, 7) is 5.57. The smallest absolute Gasteiger partial charge is 0.166 e. The van der Waals surface area contributed by atoms with E-state index >= 15 is 0 Å². The Bertz CT molecular complexity index is 471. The van der Waals surface area contributed by atoms with Crippen molar-refractivity contribution in [2.45, 2.75) is 13.0 Å². The van der Waals surface area contributed by atoms with Crippen molar-refractivity contribution in [2.24, 2.45) is 0 Å². The van der Waals surface area contributed by atoms with Gasteiger partial charge in [-0.2, -0.15) is 0 Å². The zero-order chi connectivity index (χ0) is 20.5. The molecule has 162 valence electrons. The highest BCUT2D eigenvalue weighted by molar-refractivity contribution is 5.46. The Balaban J connectivity index is 2.12. The van der Waals surface area contributed by atoms with Gasteiger partial charge in [0.15, 0.2) is 11.5 Å². The van der Waals surface area contributed by atoms with Crippen LogP contribution in [0, 0.1) is 0 Å². The molecule has 0 bridgehead atoms. The van der Waals surface area contributed by atoms with Crippen LogP contribution in [0.4, 0.5) is 0 Å². The minimum Gasteiger partial charge on any atom is -0.493 e. The number of ether oxygens (including phenoxy) is 5. The Morgan fingerprint density at radius 2 is 1.57 bits per heavy atom. The molecule has 2 N–H and O–H groups in total. The summed E-state index contributed by atoms with van der Waals surface area (Å²) in [5.41, 5.74) is 0.682. The second-order valence-electron chi connectivity index (χ2n) is 6.09. The van der Waals surface area contributed by atoms with Gasteiger partial charge in [0.25, 0.3) is 0 Å². The molecule has 0 aliphatic rings. The minimum absolute atomic E-state index is 0.110. The van der Waals surface area contributed by atoms with Gasteiger partial charge in [-0.05, 0) is 12.5 Å². The predicted octanol–water partition coefficient (Wildman–Crippen LogP) is 0.930. The molecule has 8 heteroatoms. The lowest BCUT2D eigenvalue weighted by atomic mass is 10.2. The zero-order valence-electron chi connectivity index (χ0n) is 17.1. The van der Waals surface area contributed by atoms with Gasteiger partial charge < -0.3 is 33.9 Å². The average Bonchev–Trinajstić information content (AvgIpc) is 2.73. The van der Waals surface area contributed by atoms with Crippen LogP contribution in [-0.4, -0.2) is 95.2 Å². The number of benzene rings is 1. The first-order chi connectivity index (χ1) is 13.8. The van der Waals surface area contributed by atoms with E-state index in [1.807, 2.05) is 6.07 Å². The molecule has 0 fully saturated rings. The van der Waals surface area contributed by atoms with Crippen LogP contribution < -0.4 is 9.47 Å². The molecule has 1 rings (SSSR count). The molecule has 28 heavy (non-hydrogen) atoms. The summed E-state index contributed by atoms with van der Waals surface area (Å²) in [7, 11) is 3.25. The van der Waals surface area contributed by atoms with Crippen LogP contribution in [0.5, 0.6) is 11.5 Å². The number of para-hydroxylation sites is 1. The first-order valence-electron chi connectivity index (χ1n) is 9.64. The molecule has 0 saturated carbocycles. The molecule has 0 aliphatic heterocycles. The van der Waals surface area contributed by atoms with Gasteiger partial charge in [0, 0.05) is 38.9 Å². The molecule has 1 aromatic carbocycles. The maximum absolute atomic E-state index is 9.39. The standard InChI is InChI=1S/C20H35NO7/c1-24-11-8-21(7-4-10-22)9-12-26-13-14-27-15-16-28-20-18(17-23)5-3-6-19(20)25-2/h3,5-6,22-23H,4,7-17H2,1-2H3. The Morgan fingerprint density at radius 1 is 0.857 bits per heavy atom. The molecular formula is C20H35NO7. The summed E-state index contributed by atoms with van der Waals surface area (Å²) >= 11 is 0. The fourth-order valence-electron chi connectivity index (χ4n) is 2.58. The van der Waals surface area contributed by atoms with Gasteiger partial charge in [-0.1, -0.05) is 12.1 Å². The molecule has 8 nitrogen and oxygen atoms in total. The molecule has 0 spiro atoms. The third-order valence-corrected chi connectivity index (χ3v) is 4.09. The SMILES string of the molecule is COCCN(CCCO)CCOCCOCCOc1c(CO)cccc1OC. The Hall–Kier alpha value is -1.42. The van der Waals surface area contributed by atoms with Gasteiger partial charge in [0.2, 0.25) is 0 Å². The van der Waals surface area contributed by atoms with Crippen molar-refractivity contribution in [1.29, 1.82) is 0 Å². The van der Waals surface area contributed by atoms with E-state index in [1.54, 1.807) is 26.4 Å². The summed E-state index contributed by atoms with van der Waals surface area (Å²) in [5.74, 6) is 1.14. The second kappa shape index (κ2) is 16.5. The van der Waals surface area contributed by atoms with Gasteiger partial charge >= 0.3 is 0 Å². The summed E-state index contributed by atoms with van der Waals surface area (Å²) < 4.78 is 27.2. The van der Waals surface area contributed by atoms with Crippen LogP contribution in [0.25, 0.3) is 0 Å². The van der Waals surface area contributed by atoms with Gasteiger partial charge in [0.05, 0.1) is 46.8 Å². The third-order valence-electron chi connectivity index (χ3n) is 4.09. The highest BCUT2D eigenvalue weighted by Gasteiger charge is 2.09. The molecule has 0 amide bonds. The van der Waals surface area contributed by atoms with Gasteiger partial charge in [-0.15, -0.1) is 0 Å². The van der Waals surface area contributed by atoms with E-state index < -0.39 is 0 Å². The number of hydrogen-bond donors (Lipinski definition) is 2. The maximum Gasteiger partial charge on any atom is 0.166 e. The van der Waals surface area contributed by atoms with E-state index in [-0.39, 0.29) is 13.2 Å². The van der Waals surface area contributed by atoms with E-state index in [0.717, 1.165) is 26.1 Å². The first kappa shape index (κ1) is 24.6. The van der Waals surface area contributed by atoms with E-state index in [9.17, 15) is 5.11 Å². The van der Waals surface area contributed by atoms with Crippen LogP contribution in [0.2, 0.25) is 0 Å². The van der Waals surface area contributed by atoms with Crippen molar-refractivity contribution >= 4 is 0 Å². The Morgan fingerprint density at radius 3 is 2.25 bits per heavy atom. The molecule has 1 aromatic rings.